The van der Waals surface area contributed by atoms with Crippen LogP contribution < -0.4 is 15.0 Å². The Morgan fingerprint density at radius 3 is 2.80 bits per heavy atom. The summed E-state index contributed by atoms with van der Waals surface area (Å²) in [4.78, 5) is 36.1. The van der Waals surface area contributed by atoms with Crippen LogP contribution in [0.4, 0.5) is 5.69 Å². The summed E-state index contributed by atoms with van der Waals surface area (Å²) >= 11 is 0. The van der Waals surface area contributed by atoms with Crippen LogP contribution in [-0.4, -0.2) is 37.8 Å². The van der Waals surface area contributed by atoms with E-state index < -0.39 is 0 Å². The van der Waals surface area contributed by atoms with Crippen molar-refractivity contribution < 1.29 is 19.1 Å². The Labute approximate surface area is 116 Å². The number of hydrogen-bond donors (Lipinski definition) is 1. The zero-order valence-electron chi connectivity index (χ0n) is 11.4. The highest BCUT2D eigenvalue weighted by molar-refractivity contribution is 6.01. The van der Waals surface area contributed by atoms with Crippen LogP contribution in [0, 0.1) is 0 Å². The maximum absolute atomic E-state index is 11.9. The molecule has 0 fully saturated rings. The number of nitrogens with zero attached hydrogens (tertiary/aromatic N) is 1. The lowest BCUT2D eigenvalue weighted by molar-refractivity contribution is -0.122. The molecule has 1 heterocycles. The summed E-state index contributed by atoms with van der Waals surface area (Å²) in [7, 11) is 1.55. The fourth-order valence-electron chi connectivity index (χ4n) is 2.00. The van der Waals surface area contributed by atoms with E-state index in [-0.39, 0.29) is 37.2 Å². The average Bonchev–Trinajstić information content (AvgIpc) is 2.45. The van der Waals surface area contributed by atoms with Crippen LogP contribution in [0.2, 0.25) is 0 Å². The van der Waals surface area contributed by atoms with E-state index in [0.717, 1.165) is 0 Å². The maximum Gasteiger partial charge on any atom is 0.265 e. The minimum Gasteiger partial charge on any atom is -0.482 e. The van der Waals surface area contributed by atoms with Crippen LogP contribution >= 0.6 is 0 Å². The summed E-state index contributed by atoms with van der Waals surface area (Å²) in [6, 6.07) is 4.96. The van der Waals surface area contributed by atoms with Gasteiger partial charge in [0.05, 0.1) is 5.69 Å². The Bertz CT molecular complexity index is 568. The number of fused-ring (bicyclic) bond motifs is 1. The molecule has 0 radical (unpaired) electrons. The van der Waals surface area contributed by atoms with Crippen LogP contribution in [0.15, 0.2) is 18.2 Å². The number of benzene rings is 1. The predicted molar refractivity (Wildman–Crippen MR) is 73.0 cm³/mol. The van der Waals surface area contributed by atoms with Gasteiger partial charge in [-0.1, -0.05) is 0 Å². The molecule has 6 nitrogen and oxygen atoms in total. The molecule has 0 atom stereocenters. The molecule has 1 aromatic carbocycles. The molecule has 0 aromatic heterocycles. The van der Waals surface area contributed by atoms with Crippen LogP contribution in [0.1, 0.15) is 23.7 Å². The molecule has 1 aliphatic rings. The number of carbonyl (C=O) groups excluding carboxylic acids is 3. The van der Waals surface area contributed by atoms with Gasteiger partial charge in [-0.05, 0) is 25.1 Å². The Morgan fingerprint density at radius 1 is 1.40 bits per heavy atom. The second-order valence-electron chi connectivity index (χ2n) is 4.50. The second kappa shape index (κ2) is 5.73. The van der Waals surface area contributed by atoms with Crippen molar-refractivity contribution in [3.8, 4) is 5.75 Å². The van der Waals surface area contributed by atoms with Crippen molar-refractivity contribution >= 4 is 23.3 Å². The number of hydrogen-bond acceptors (Lipinski definition) is 4. The largest absolute Gasteiger partial charge is 0.482 e. The first-order valence-electron chi connectivity index (χ1n) is 6.31. The van der Waals surface area contributed by atoms with Gasteiger partial charge >= 0.3 is 0 Å². The van der Waals surface area contributed by atoms with Gasteiger partial charge in [0.2, 0.25) is 5.91 Å². The van der Waals surface area contributed by atoms with E-state index in [1.165, 1.54) is 11.8 Å². The van der Waals surface area contributed by atoms with Crippen molar-refractivity contribution in [1.82, 2.24) is 5.32 Å². The molecular weight excluding hydrogens is 260 g/mol. The van der Waals surface area contributed by atoms with E-state index in [1.807, 2.05) is 0 Å². The lowest BCUT2D eigenvalue weighted by atomic mass is 10.1. The van der Waals surface area contributed by atoms with E-state index >= 15 is 0 Å². The average molecular weight is 276 g/mol. The smallest absolute Gasteiger partial charge is 0.265 e. The monoisotopic (exact) mass is 276 g/mol. The minimum absolute atomic E-state index is 0.0554. The number of amides is 2. The zero-order chi connectivity index (χ0) is 14.7. The number of ether oxygens (including phenoxy) is 1. The van der Waals surface area contributed by atoms with Crippen LogP contribution in [0.3, 0.4) is 0 Å². The van der Waals surface area contributed by atoms with E-state index in [4.69, 9.17) is 4.74 Å². The lowest BCUT2D eigenvalue weighted by Crippen LogP contribution is -2.40. The Balaban J connectivity index is 2.29. The molecule has 1 N–H and O–H groups in total. The first kappa shape index (κ1) is 14.0. The van der Waals surface area contributed by atoms with Crippen molar-refractivity contribution in [1.29, 1.82) is 0 Å². The van der Waals surface area contributed by atoms with Crippen molar-refractivity contribution in [2.24, 2.45) is 0 Å². The third-order valence-electron chi connectivity index (χ3n) is 3.15. The molecular formula is C14H16N2O4. The second-order valence-corrected chi connectivity index (χ2v) is 4.50. The van der Waals surface area contributed by atoms with Crippen molar-refractivity contribution in [3.05, 3.63) is 23.8 Å². The molecule has 0 unspecified atom stereocenters. The zero-order valence-corrected chi connectivity index (χ0v) is 11.4. The summed E-state index contributed by atoms with van der Waals surface area (Å²) in [5, 5.41) is 2.51. The molecule has 106 valence electrons. The number of rotatable bonds is 4. The van der Waals surface area contributed by atoms with Gasteiger partial charge in [0, 0.05) is 25.6 Å². The van der Waals surface area contributed by atoms with Gasteiger partial charge in [-0.25, -0.2) is 0 Å². The van der Waals surface area contributed by atoms with Gasteiger partial charge in [-0.15, -0.1) is 0 Å². The normalized spacial score (nSPS) is 13.5. The Kier molecular flexibility index (Phi) is 4.02. The van der Waals surface area contributed by atoms with E-state index in [0.29, 0.717) is 17.0 Å². The van der Waals surface area contributed by atoms with E-state index in [9.17, 15) is 14.4 Å². The number of ketones is 1. The topological polar surface area (TPSA) is 75.7 Å². The molecule has 2 amide bonds. The van der Waals surface area contributed by atoms with E-state index in [1.54, 1.807) is 25.2 Å². The van der Waals surface area contributed by atoms with Crippen LogP contribution in [-0.2, 0) is 9.59 Å². The molecule has 1 aliphatic heterocycles. The highest BCUT2D eigenvalue weighted by atomic mass is 16.5. The van der Waals surface area contributed by atoms with Gasteiger partial charge in [-0.2, -0.15) is 0 Å². The van der Waals surface area contributed by atoms with Gasteiger partial charge in [-0.3, -0.25) is 14.4 Å². The third-order valence-corrected chi connectivity index (χ3v) is 3.15. The molecule has 1 aromatic rings. The van der Waals surface area contributed by atoms with Crippen molar-refractivity contribution in [2.75, 3.05) is 25.1 Å². The van der Waals surface area contributed by atoms with E-state index in [2.05, 4.69) is 5.32 Å². The van der Waals surface area contributed by atoms with Gasteiger partial charge in [0.1, 0.15) is 5.75 Å². The molecule has 0 bridgehead atoms. The third kappa shape index (κ3) is 2.79. The molecule has 0 saturated carbocycles. The summed E-state index contributed by atoms with van der Waals surface area (Å²) in [6.45, 7) is 1.67. The predicted octanol–water partition coefficient (Wildman–Crippen LogP) is 0.751. The van der Waals surface area contributed by atoms with Crippen LogP contribution in [0.5, 0.6) is 5.75 Å². The fourth-order valence-corrected chi connectivity index (χ4v) is 2.00. The molecule has 0 aliphatic carbocycles. The first-order valence-corrected chi connectivity index (χ1v) is 6.31. The number of anilines is 1. The molecule has 0 saturated heterocycles. The van der Waals surface area contributed by atoms with Gasteiger partial charge in [0.25, 0.3) is 5.91 Å². The number of nitrogens with one attached hydrogen (secondary N) is 1. The van der Waals surface area contributed by atoms with Gasteiger partial charge in [0.15, 0.2) is 12.4 Å². The maximum atomic E-state index is 11.9. The lowest BCUT2D eigenvalue weighted by Gasteiger charge is -2.29. The van der Waals surface area contributed by atoms with Crippen molar-refractivity contribution in [2.45, 2.75) is 13.3 Å². The Morgan fingerprint density at radius 2 is 2.15 bits per heavy atom. The standard InChI is InChI=1S/C14H16N2O4/c1-9(17)10-3-4-12-11(7-10)16(14(19)8-20-12)6-5-13(18)15-2/h3-4,7H,5-6,8H2,1-2H3,(H,15,18). The minimum atomic E-state index is -0.220. The summed E-state index contributed by atoms with van der Waals surface area (Å²) in [6.07, 6.45) is 0.200. The Hall–Kier alpha value is -2.37. The number of Topliss-reactive ketones (excluding diaryl/α,β-unsaturated/α-hetero) is 1. The highest BCUT2D eigenvalue weighted by Crippen LogP contribution is 2.33. The summed E-state index contributed by atoms with van der Waals surface area (Å²) < 4.78 is 5.33. The van der Waals surface area contributed by atoms with Crippen LogP contribution in [0.25, 0.3) is 0 Å². The first-order chi connectivity index (χ1) is 9.52. The van der Waals surface area contributed by atoms with Gasteiger partial charge < -0.3 is 15.0 Å². The number of carbonyl (C=O) groups is 3. The SMILES string of the molecule is CNC(=O)CCN1C(=O)COc2ccc(C(C)=O)cc21. The highest BCUT2D eigenvalue weighted by Gasteiger charge is 2.26. The molecule has 2 rings (SSSR count). The summed E-state index contributed by atoms with van der Waals surface area (Å²) in [5.41, 5.74) is 1.05. The van der Waals surface area contributed by atoms with Crippen molar-refractivity contribution in [3.63, 3.8) is 0 Å². The summed E-state index contributed by atoms with van der Waals surface area (Å²) in [5.74, 6) is 0.0965. The molecule has 0 spiro atoms. The quantitative estimate of drug-likeness (QED) is 0.823. The molecule has 6 heteroatoms. The molecule has 20 heavy (non-hydrogen) atoms. The fraction of sp³-hybridized carbons (Fsp3) is 0.357.